The van der Waals surface area contributed by atoms with Gasteiger partial charge >= 0.3 is 24.1 Å². The van der Waals surface area contributed by atoms with Crippen LogP contribution in [0, 0.1) is 19.7 Å². The minimum atomic E-state index is -4.22. The van der Waals surface area contributed by atoms with Crippen molar-refractivity contribution in [1.29, 1.82) is 0 Å². The third-order valence-electron chi connectivity index (χ3n) is 8.81. The molecule has 60 heavy (non-hydrogen) atoms. The highest BCUT2D eigenvalue weighted by Gasteiger charge is 2.36. The van der Waals surface area contributed by atoms with Crippen molar-refractivity contribution >= 4 is 44.2 Å². The smallest absolute Gasteiger partial charge is 0.410 e. The van der Waals surface area contributed by atoms with Gasteiger partial charge in [0.15, 0.2) is 0 Å². The maximum Gasteiger partial charge on any atom is 0.410 e. The molecule has 2 N–H and O–H groups in total. The van der Waals surface area contributed by atoms with Gasteiger partial charge in [-0.05, 0) is 115 Å². The molecule has 0 atom stereocenters. The Hall–Kier alpha value is -5.31. The number of carboxylic acids is 2. The highest BCUT2D eigenvalue weighted by molar-refractivity contribution is 7.89. The van der Waals surface area contributed by atoms with E-state index in [1.54, 1.807) is 53.7 Å². The summed E-state index contributed by atoms with van der Waals surface area (Å²) >= 11 is 0. The predicted molar refractivity (Wildman–Crippen MR) is 216 cm³/mol. The molecule has 2 heterocycles. The third kappa shape index (κ3) is 12.4. The summed E-state index contributed by atoms with van der Waals surface area (Å²) in [5, 5.41) is 18.4. The molecule has 2 saturated heterocycles. The molecule has 0 radical (unpaired) electrons. The molecule has 0 unspecified atom stereocenters. The van der Waals surface area contributed by atoms with Crippen molar-refractivity contribution in [3.63, 3.8) is 0 Å². The Morgan fingerprint density at radius 3 is 1.37 bits per heavy atom. The zero-order valence-corrected chi connectivity index (χ0v) is 36.4. The Labute approximate surface area is 349 Å². The summed E-state index contributed by atoms with van der Waals surface area (Å²) in [6.07, 6.45) is -1.05. The maximum absolute atomic E-state index is 14.0. The van der Waals surface area contributed by atoms with Crippen molar-refractivity contribution in [2.45, 2.75) is 76.4 Å². The van der Waals surface area contributed by atoms with Gasteiger partial charge in [0.2, 0.25) is 20.0 Å². The monoisotopic (exact) mass is 878 g/mol. The van der Waals surface area contributed by atoms with E-state index in [9.17, 15) is 45.5 Å². The lowest BCUT2D eigenvalue weighted by molar-refractivity contribution is 0.0183. The molecule has 0 saturated carbocycles. The summed E-state index contributed by atoms with van der Waals surface area (Å²) in [4.78, 5) is 48.8. The number of halogens is 1. The van der Waals surface area contributed by atoms with Gasteiger partial charge in [0.25, 0.3) is 0 Å². The van der Waals surface area contributed by atoms with E-state index in [1.165, 1.54) is 26.2 Å². The van der Waals surface area contributed by atoms with Gasteiger partial charge in [-0.3, -0.25) is 0 Å². The minimum Gasteiger partial charge on any atom is -0.478 e. The average molecular weight is 879 g/mol. The number of carbonyl (C=O) groups excluding carboxylic acids is 2. The summed E-state index contributed by atoms with van der Waals surface area (Å²) < 4.78 is 85.1. The van der Waals surface area contributed by atoms with Crippen LogP contribution in [0.5, 0.6) is 11.5 Å². The Kier molecular flexibility index (Phi) is 14.6. The highest BCUT2D eigenvalue weighted by atomic mass is 32.2. The van der Waals surface area contributed by atoms with E-state index in [1.807, 2.05) is 19.9 Å². The number of nitrogens with zero attached hydrogens (tertiary/aromatic N) is 4. The van der Waals surface area contributed by atoms with E-state index in [-0.39, 0.29) is 74.1 Å². The molecular weight excluding hydrogens is 828 g/mol. The molecule has 0 bridgehead atoms. The van der Waals surface area contributed by atoms with Crippen LogP contribution in [0.25, 0.3) is 0 Å². The van der Waals surface area contributed by atoms with E-state index in [4.69, 9.17) is 19.3 Å². The highest BCUT2D eigenvalue weighted by Crippen LogP contribution is 2.33. The van der Waals surface area contributed by atoms with Gasteiger partial charge in [-0.15, -0.1) is 0 Å². The van der Waals surface area contributed by atoms with Crippen LogP contribution in [-0.2, 0) is 29.5 Å². The van der Waals surface area contributed by atoms with Crippen LogP contribution in [0.4, 0.5) is 14.0 Å². The zero-order chi connectivity index (χ0) is 45.0. The number of carboxylic acid groups (broad SMARTS) is 2. The van der Waals surface area contributed by atoms with E-state index in [0.717, 1.165) is 39.7 Å². The molecule has 0 spiro atoms. The molecule has 0 aliphatic carbocycles. The van der Waals surface area contributed by atoms with Crippen LogP contribution in [0.3, 0.4) is 0 Å². The number of aryl methyl sites for hydroxylation is 2. The van der Waals surface area contributed by atoms with Gasteiger partial charge in [0, 0.05) is 52.4 Å². The van der Waals surface area contributed by atoms with Gasteiger partial charge in [-0.1, -0.05) is 6.07 Å². The van der Waals surface area contributed by atoms with Crippen molar-refractivity contribution in [1.82, 2.24) is 18.4 Å². The van der Waals surface area contributed by atoms with E-state index in [0.29, 0.717) is 5.75 Å². The van der Waals surface area contributed by atoms with Crippen molar-refractivity contribution < 1.29 is 64.8 Å². The number of carbonyl (C=O) groups is 4. The Morgan fingerprint density at radius 1 is 0.583 bits per heavy atom. The molecule has 3 aromatic carbocycles. The molecule has 20 heteroatoms. The molecule has 2 aliphatic heterocycles. The molecular formula is C40H51FN4O13S2. The van der Waals surface area contributed by atoms with Crippen molar-refractivity contribution in [2.75, 3.05) is 52.4 Å². The van der Waals surface area contributed by atoms with Gasteiger partial charge in [0.1, 0.15) is 38.3 Å². The number of benzene rings is 3. The Bertz CT molecular complexity index is 2310. The quantitative estimate of drug-likeness (QED) is 0.274. The fraction of sp³-hybridized carbons (Fsp3) is 0.450. The topological polar surface area (TPSA) is 218 Å². The first-order valence-electron chi connectivity index (χ1n) is 18.8. The fourth-order valence-electron chi connectivity index (χ4n) is 6.03. The summed E-state index contributed by atoms with van der Waals surface area (Å²) in [6, 6.07) is 11.9. The van der Waals surface area contributed by atoms with Gasteiger partial charge in [0.05, 0.1) is 11.1 Å². The second kappa shape index (κ2) is 18.5. The third-order valence-corrected chi connectivity index (χ3v) is 12.6. The number of rotatable bonds is 8. The van der Waals surface area contributed by atoms with Gasteiger partial charge in [-0.2, -0.15) is 8.61 Å². The first-order chi connectivity index (χ1) is 27.7. The van der Waals surface area contributed by atoms with Crippen molar-refractivity contribution in [3.8, 4) is 11.5 Å². The normalized spacial score (nSPS) is 15.7. The van der Waals surface area contributed by atoms with Crippen LogP contribution in [0.15, 0.2) is 64.4 Å². The largest absolute Gasteiger partial charge is 0.478 e. The molecule has 328 valence electrons. The first-order valence-corrected chi connectivity index (χ1v) is 21.7. The van der Waals surface area contributed by atoms with E-state index < -0.39 is 66.1 Å². The summed E-state index contributed by atoms with van der Waals surface area (Å²) in [6.45, 7) is 14.7. The molecule has 2 aliphatic rings. The molecule has 2 amide bonds. The number of hydrogen-bond acceptors (Lipinski definition) is 11. The summed E-state index contributed by atoms with van der Waals surface area (Å²) in [7, 11) is -8.32. The van der Waals surface area contributed by atoms with Crippen LogP contribution in [0.1, 0.15) is 73.4 Å². The van der Waals surface area contributed by atoms with Crippen LogP contribution in [-0.4, -0.2) is 133 Å². The Balaban J connectivity index is 0.000000275. The number of piperazine rings is 2. The zero-order valence-electron chi connectivity index (χ0n) is 34.7. The lowest BCUT2D eigenvalue weighted by Crippen LogP contribution is -2.51. The lowest BCUT2D eigenvalue weighted by Gasteiger charge is -2.35. The second-order valence-electron chi connectivity index (χ2n) is 16.1. The SMILES string of the molecule is CC(C)(C)OC(=O)N1CCN(S(=O)(=O)c2cc(C(=O)O)ccc2F)CC1.Cc1cc(C)cc(Oc2ccc(C(=O)O)cc2S(=O)(=O)N2CCN(C(=O)OC(C)(C)C)CC2)c1. The first kappa shape index (κ1) is 47.4. The average Bonchev–Trinajstić information content (AvgIpc) is 3.13. The number of ether oxygens (including phenoxy) is 3. The molecule has 0 aromatic heterocycles. The number of aromatic carboxylic acids is 2. The minimum absolute atomic E-state index is 0.0320. The molecule has 5 rings (SSSR count). The van der Waals surface area contributed by atoms with Gasteiger partial charge in [-0.25, -0.2) is 40.4 Å². The van der Waals surface area contributed by atoms with E-state index >= 15 is 0 Å². The lowest BCUT2D eigenvalue weighted by atomic mass is 10.1. The number of hydrogen-bond donors (Lipinski definition) is 2. The van der Waals surface area contributed by atoms with Crippen LogP contribution in [0.2, 0.25) is 0 Å². The van der Waals surface area contributed by atoms with Crippen molar-refractivity contribution in [3.05, 3.63) is 82.7 Å². The second-order valence-corrected chi connectivity index (χ2v) is 19.9. The summed E-state index contributed by atoms with van der Waals surface area (Å²) in [5.74, 6) is -3.14. The van der Waals surface area contributed by atoms with Crippen LogP contribution < -0.4 is 4.74 Å². The van der Waals surface area contributed by atoms with E-state index in [2.05, 4.69) is 0 Å². The van der Waals surface area contributed by atoms with Gasteiger partial charge < -0.3 is 34.2 Å². The molecule has 17 nitrogen and oxygen atoms in total. The maximum atomic E-state index is 14.0. The summed E-state index contributed by atoms with van der Waals surface area (Å²) in [5.41, 5.74) is 0.0781. The van der Waals surface area contributed by atoms with Crippen molar-refractivity contribution in [2.24, 2.45) is 0 Å². The standard InChI is InChI=1S/C24H30N2O7S.C16H21FN2O6S/c1-16-12-17(2)14-19(13-16)32-20-7-6-18(22(27)28)15-21(20)34(30,31)26-10-8-25(9-11-26)23(29)33-24(3,4)5;1-16(2,3)25-15(22)18-6-8-19(9-7-18)26(23,24)13-10-11(14(20)21)4-5-12(13)17/h6-7,12-15H,8-11H2,1-5H3,(H,27,28);4-5,10H,6-9H2,1-3H3,(H,20,21). The number of amides is 2. The van der Waals surface area contributed by atoms with Crippen LogP contribution >= 0.6 is 0 Å². The number of sulfonamides is 2. The molecule has 3 aromatic rings. The molecule has 2 fully saturated rings. The Morgan fingerprint density at radius 2 is 0.967 bits per heavy atom. The predicted octanol–water partition coefficient (Wildman–Crippen LogP) is 5.80. The fourth-order valence-corrected chi connectivity index (χ4v) is 9.11.